The van der Waals surface area contributed by atoms with Gasteiger partial charge in [-0.15, -0.1) is 0 Å². The number of anilines is 2. The quantitative estimate of drug-likeness (QED) is 0.746. The summed E-state index contributed by atoms with van der Waals surface area (Å²) in [5.41, 5.74) is 3.64. The minimum absolute atomic E-state index is 0.0399. The molecule has 3 aliphatic heterocycles. The zero-order valence-electron chi connectivity index (χ0n) is 17.9. The molecule has 3 aliphatic rings. The number of pyridine rings is 1. The summed E-state index contributed by atoms with van der Waals surface area (Å²) in [6.07, 6.45) is 2.23. The lowest BCUT2D eigenvalue weighted by Gasteiger charge is -2.29. The fraction of sp³-hybridized carbons (Fsp3) is 0.348. The van der Waals surface area contributed by atoms with E-state index in [2.05, 4.69) is 10.3 Å². The number of piperidine rings is 1. The van der Waals surface area contributed by atoms with E-state index in [1.54, 1.807) is 28.1 Å². The molecule has 2 atom stereocenters. The third-order valence-corrected chi connectivity index (χ3v) is 6.32. The number of imide groups is 1. The van der Waals surface area contributed by atoms with Crippen molar-refractivity contribution in [3.8, 4) is 0 Å². The number of fused-ring (bicyclic) bond motifs is 1. The van der Waals surface area contributed by atoms with Gasteiger partial charge in [-0.3, -0.25) is 34.5 Å². The highest BCUT2D eigenvalue weighted by Crippen LogP contribution is 2.33. The highest BCUT2D eigenvalue weighted by Gasteiger charge is 2.41. The summed E-state index contributed by atoms with van der Waals surface area (Å²) in [5, 5.41) is 2.31. The molecule has 2 saturated heterocycles. The molecule has 1 N–H and O–H groups in total. The average molecular weight is 433 g/mol. The number of amides is 5. The molecule has 1 aromatic carbocycles. The van der Waals surface area contributed by atoms with Crippen LogP contribution in [0, 0.1) is 6.92 Å². The molecule has 9 nitrogen and oxygen atoms in total. The number of urea groups is 1. The normalized spacial score (nSPS) is 23.1. The van der Waals surface area contributed by atoms with Crippen LogP contribution in [0.1, 0.15) is 41.4 Å². The van der Waals surface area contributed by atoms with Crippen molar-refractivity contribution in [1.29, 1.82) is 0 Å². The molecule has 164 valence electrons. The molecule has 0 spiro atoms. The lowest BCUT2D eigenvalue weighted by Crippen LogP contribution is -2.52. The van der Waals surface area contributed by atoms with E-state index in [0.29, 0.717) is 24.2 Å². The first-order valence-corrected chi connectivity index (χ1v) is 10.6. The van der Waals surface area contributed by atoms with Gasteiger partial charge in [0.15, 0.2) is 0 Å². The van der Waals surface area contributed by atoms with E-state index in [1.165, 1.54) is 4.90 Å². The second-order valence-electron chi connectivity index (χ2n) is 8.51. The Labute approximate surface area is 185 Å². The van der Waals surface area contributed by atoms with Crippen LogP contribution in [0.25, 0.3) is 0 Å². The molecule has 1 unspecified atom stereocenters. The molecular weight excluding hydrogens is 410 g/mol. The van der Waals surface area contributed by atoms with E-state index < -0.39 is 11.9 Å². The number of nitrogens with zero attached hydrogens (tertiary/aromatic N) is 4. The zero-order valence-corrected chi connectivity index (χ0v) is 17.9. The fourth-order valence-corrected chi connectivity index (χ4v) is 4.65. The van der Waals surface area contributed by atoms with E-state index in [-0.39, 0.29) is 36.9 Å². The summed E-state index contributed by atoms with van der Waals surface area (Å²) in [7, 11) is 0. The van der Waals surface area contributed by atoms with Crippen LogP contribution in [0.5, 0.6) is 0 Å². The molecule has 32 heavy (non-hydrogen) atoms. The maximum atomic E-state index is 13.2. The number of rotatable bonds is 3. The van der Waals surface area contributed by atoms with Gasteiger partial charge < -0.3 is 4.90 Å². The third kappa shape index (κ3) is 3.21. The SMILES string of the molecule is Cc1ccc(N2C(=O)N(c3ccc4c(c3)CN(C3CCC(=O)NC3=O)C4=O)C[C@@H]2C)cn1. The van der Waals surface area contributed by atoms with Crippen molar-refractivity contribution in [3.63, 3.8) is 0 Å². The van der Waals surface area contributed by atoms with Crippen molar-refractivity contribution in [1.82, 2.24) is 15.2 Å². The van der Waals surface area contributed by atoms with Gasteiger partial charge in [0.2, 0.25) is 11.8 Å². The van der Waals surface area contributed by atoms with Crippen molar-refractivity contribution in [2.75, 3.05) is 16.3 Å². The molecule has 0 radical (unpaired) electrons. The molecule has 0 saturated carbocycles. The summed E-state index contributed by atoms with van der Waals surface area (Å²) in [5.74, 6) is -0.976. The highest BCUT2D eigenvalue weighted by molar-refractivity contribution is 6.08. The lowest BCUT2D eigenvalue weighted by molar-refractivity contribution is -0.136. The molecule has 0 bridgehead atoms. The van der Waals surface area contributed by atoms with Gasteiger partial charge in [0.25, 0.3) is 5.91 Å². The number of aryl methyl sites for hydroxylation is 1. The van der Waals surface area contributed by atoms with Crippen LogP contribution in [0.4, 0.5) is 16.2 Å². The number of hydrogen-bond donors (Lipinski definition) is 1. The standard InChI is InChI=1S/C23H23N5O4/c1-13-3-4-17(10-24-13)28-14(2)11-26(23(28)32)16-5-6-18-15(9-16)12-27(22(18)31)19-7-8-20(29)25-21(19)30/h3-6,9-10,14,19H,7-8,11-12H2,1-2H3,(H,25,29,30)/t14-,19?/m0/s1. The van der Waals surface area contributed by atoms with E-state index in [1.807, 2.05) is 32.0 Å². The average Bonchev–Trinajstić information content (AvgIpc) is 3.24. The molecule has 5 amide bonds. The molecular formula is C23H23N5O4. The molecule has 4 heterocycles. The van der Waals surface area contributed by atoms with E-state index >= 15 is 0 Å². The van der Waals surface area contributed by atoms with Gasteiger partial charge in [-0.25, -0.2) is 4.79 Å². The summed E-state index contributed by atoms with van der Waals surface area (Å²) >= 11 is 0. The van der Waals surface area contributed by atoms with Gasteiger partial charge in [-0.2, -0.15) is 0 Å². The van der Waals surface area contributed by atoms with E-state index in [9.17, 15) is 19.2 Å². The van der Waals surface area contributed by atoms with Crippen molar-refractivity contribution in [2.24, 2.45) is 0 Å². The van der Waals surface area contributed by atoms with E-state index in [0.717, 1.165) is 16.9 Å². The largest absolute Gasteiger partial charge is 0.329 e. The van der Waals surface area contributed by atoms with Gasteiger partial charge >= 0.3 is 6.03 Å². The van der Waals surface area contributed by atoms with Crippen LogP contribution in [0.2, 0.25) is 0 Å². The Hall–Kier alpha value is -3.75. The monoisotopic (exact) mass is 433 g/mol. The number of benzene rings is 1. The maximum absolute atomic E-state index is 13.2. The summed E-state index contributed by atoms with van der Waals surface area (Å²) < 4.78 is 0. The smallest absolute Gasteiger partial charge is 0.322 e. The van der Waals surface area contributed by atoms with Crippen molar-refractivity contribution >= 4 is 35.1 Å². The van der Waals surface area contributed by atoms with Crippen LogP contribution in [0.3, 0.4) is 0 Å². The summed E-state index contributed by atoms with van der Waals surface area (Å²) in [6.45, 7) is 4.67. The van der Waals surface area contributed by atoms with Crippen LogP contribution in [0.15, 0.2) is 36.5 Å². The van der Waals surface area contributed by atoms with Crippen LogP contribution >= 0.6 is 0 Å². The van der Waals surface area contributed by atoms with Crippen molar-refractivity contribution in [2.45, 2.75) is 45.3 Å². The minimum Gasteiger partial charge on any atom is -0.322 e. The van der Waals surface area contributed by atoms with Crippen LogP contribution in [-0.4, -0.2) is 52.3 Å². The Balaban J connectivity index is 1.38. The Kier molecular flexibility index (Phi) is 4.69. The first-order valence-electron chi connectivity index (χ1n) is 10.6. The number of carbonyl (C=O) groups is 4. The summed E-state index contributed by atoms with van der Waals surface area (Å²) in [6, 6.07) is 8.26. The van der Waals surface area contributed by atoms with Crippen molar-refractivity contribution in [3.05, 3.63) is 53.3 Å². The number of carbonyl (C=O) groups excluding carboxylic acids is 4. The molecule has 9 heteroatoms. The number of hydrogen-bond acceptors (Lipinski definition) is 5. The Morgan fingerprint density at radius 3 is 2.56 bits per heavy atom. The van der Waals surface area contributed by atoms with Gasteiger partial charge in [-0.05, 0) is 56.2 Å². The molecule has 0 aliphatic carbocycles. The Morgan fingerprint density at radius 1 is 1.06 bits per heavy atom. The predicted molar refractivity (Wildman–Crippen MR) is 116 cm³/mol. The first-order chi connectivity index (χ1) is 15.3. The maximum Gasteiger partial charge on any atom is 0.329 e. The van der Waals surface area contributed by atoms with Crippen LogP contribution < -0.4 is 15.1 Å². The van der Waals surface area contributed by atoms with Crippen molar-refractivity contribution < 1.29 is 19.2 Å². The fourth-order valence-electron chi connectivity index (χ4n) is 4.65. The van der Waals surface area contributed by atoms with Crippen LogP contribution in [-0.2, 0) is 16.1 Å². The Morgan fingerprint density at radius 2 is 1.84 bits per heavy atom. The van der Waals surface area contributed by atoms with Gasteiger partial charge in [0.1, 0.15) is 6.04 Å². The van der Waals surface area contributed by atoms with Gasteiger partial charge in [0, 0.05) is 36.5 Å². The number of aromatic nitrogens is 1. The van der Waals surface area contributed by atoms with E-state index in [4.69, 9.17) is 0 Å². The number of nitrogens with one attached hydrogen (secondary N) is 1. The van der Waals surface area contributed by atoms with Gasteiger partial charge in [-0.1, -0.05) is 0 Å². The summed E-state index contributed by atoms with van der Waals surface area (Å²) in [4.78, 5) is 59.0. The minimum atomic E-state index is -0.658. The molecule has 5 rings (SSSR count). The third-order valence-electron chi connectivity index (χ3n) is 6.32. The molecule has 1 aromatic heterocycles. The first kappa shape index (κ1) is 20.2. The lowest BCUT2D eigenvalue weighted by atomic mass is 10.0. The zero-order chi connectivity index (χ0) is 22.6. The predicted octanol–water partition coefficient (Wildman–Crippen LogP) is 1.99. The van der Waals surface area contributed by atoms with Gasteiger partial charge in [0.05, 0.1) is 17.9 Å². The highest BCUT2D eigenvalue weighted by atomic mass is 16.2. The second kappa shape index (κ2) is 7.44. The molecule has 2 fully saturated rings. The second-order valence-corrected chi connectivity index (χ2v) is 8.51. The topological polar surface area (TPSA) is 103 Å². The Bertz CT molecular complexity index is 1150. The molecule has 2 aromatic rings.